The molecule has 0 atom stereocenters. The predicted octanol–water partition coefficient (Wildman–Crippen LogP) is 10.4. The average molecular weight is 510 g/mol. The summed E-state index contributed by atoms with van der Waals surface area (Å²) in [6.45, 7) is 6.96. The van der Waals surface area contributed by atoms with E-state index in [9.17, 15) is 0 Å². The lowest BCUT2D eigenvalue weighted by Gasteiger charge is -2.07. The Morgan fingerprint density at radius 1 is 0.541 bits per heavy atom. The van der Waals surface area contributed by atoms with E-state index in [2.05, 4.69) is 65.7 Å². The zero-order valence-corrected chi connectivity index (χ0v) is 24.9. The first-order chi connectivity index (χ1) is 18.3. The third kappa shape index (κ3) is 15.4. The van der Waals surface area contributed by atoms with E-state index in [1.54, 1.807) is 5.82 Å². The minimum atomic E-state index is 1.14. The van der Waals surface area contributed by atoms with E-state index in [1.165, 1.54) is 153 Å². The van der Waals surface area contributed by atoms with E-state index >= 15 is 0 Å². The monoisotopic (exact) mass is 509 g/mol. The van der Waals surface area contributed by atoms with Crippen molar-refractivity contribution in [3.05, 3.63) is 54.1 Å². The third-order valence-electron chi connectivity index (χ3n) is 8.05. The molecule has 0 aliphatic heterocycles. The Morgan fingerprint density at radius 2 is 1.05 bits per heavy atom. The zero-order valence-electron chi connectivity index (χ0n) is 24.9. The molecule has 0 fully saturated rings. The number of rotatable bonds is 25. The average Bonchev–Trinajstić information content (AvgIpc) is 3.30. The van der Waals surface area contributed by atoms with Crippen LogP contribution in [0.4, 0.5) is 0 Å². The maximum atomic E-state index is 2.59. The van der Waals surface area contributed by atoms with Crippen molar-refractivity contribution in [2.45, 2.75) is 168 Å². The molecule has 0 unspecified atom stereocenters. The van der Waals surface area contributed by atoms with E-state index in [1.807, 2.05) is 0 Å². The van der Waals surface area contributed by atoms with E-state index in [0.29, 0.717) is 0 Å². The van der Waals surface area contributed by atoms with Crippen molar-refractivity contribution in [3.8, 4) is 0 Å². The van der Waals surface area contributed by atoms with Gasteiger partial charge < -0.3 is 0 Å². The molecule has 2 heteroatoms. The molecule has 0 aliphatic carbocycles. The minimum Gasteiger partial charge on any atom is -0.234 e. The van der Waals surface area contributed by atoms with Crippen LogP contribution in [0.3, 0.4) is 0 Å². The lowest BCUT2D eigenvalue weighted by Crippen LogP contribution is -2.37. The highest BCUT2D eigenvalue weighted by Gasteiger charge is 2.16. The molecule has 2 nitrogen and oxygen atoms in total. The molecule has 0 N–H and O–H groups in total. The number of hydrogen-bond donors (Lipinski definition) is 0. The van der Waals surface area contributed by atoms with Gasteiger partial charge in [-0.25, -0.2) is 9.13 Å². The van der Waals surface area contributed by atoms with Gasteiger partial charge >= 0.3 is 0 Å². The van der Waals surface area contributed by atoms with Gasteiger partial charge in [0, 0.05) is 6.42 Å². The van der Waals surface area contributed by atoms with Crippen LogP contribution in [0.25, 0.3) is 0 Å². The molecular formula is C35H61N2+. The van der Waals surface area contributed by atoms with Crippen molar-refractivity contribution in [2.24, 2.45) is 0 Å². The number of imidazole rings is 1. The van der Waals surface area contributed by atoms with Crippen molar-refractivity contribution in [1.29, 1.82) is 0 Å². The van der Waals surface area contributed by atoms with Gasteiger partial charge in [0.15, 0.2) is 0 Å². The highest BCUT2D eigenvalue weighted by atomic mass is 15.1. The molecule has 2 rings (SSSR count). The van der Waals surface area contributed by atoms with Gasteiger partial charge in [0.25, 0.3) is 5.82 Å². The van der Waals surface area contributed by atoms with Crippen LogP contribution in [0.2, 0.25) is 0 Å². The van der Waals surface area contributed by atoms with E-state index in [4.69, 9.17) is 0 Å². The molecule has 37 heavy (non-hydrogen) atoms. The van der Waals surface area contributed by atoms with Crippen LogP contribution in [0, 0.1) is 0 Å². The fourth-order valence-electron chi connectivity index (χ4n) is 5.65. The molecular weight excluding hydrogens is 448 g/mol. The van der Waals surface area contributed by atoms with E-state index < -0.39 is 0 Å². The van der Waals surface area contributed by atoms with Crippen molar-refractivity contribution in [2.75, 3.05) is 0 Å². The van der Waals surface area contributed by atoms with Gasteiger partial charge in [0.05, 0.1) is 13.1 Å². The highest BCUT2D eigenvalue weighted by Crippen LogP contribution is 2.14. The normalized spacial score (nSPS) is 11.4. The first kappa shape index (κ1) is 31.6. The number of benzene rings is 1. The van der Waals surface area contributed by atoms with Gasteiger partial charge in [0.2, 0.25) is 0 Å². The highest BCUT2D eigenvalue weighted by molar-refractivity contribution is 5.14. The van der Waals surface area contributed by atoms with Gasteiger partial charge in [-0.05, 0) is 37.7 Å². The van der Waals surface area contributed by atoms with Crippen LogP contribution in [0.1, 0.15) is 154 Å². The van der Waals surface area contributed by atoms with Gasteiger partial charge in [-0.1, -0.05) is 147 Å². The Morgan fingerprint density at radius 3 is 1.62 bits per heavy atom. The molecule has 1 aromatic heterocycles. The summed E-state index contributed by atoms with van der Waals surface area (Å²) in [5.74, 6) is 1.57. The van der Waals surface area contributed by atoms with Crippen LogP contribution >= 0.6 is 0 Å². The number of aryl methyl sites for hydroxylation is 3. The Balaban J connectivity index is 1.66. The second kappa shape index (κ2) is 22.4. The van der Waals surface area contributed by atoms with Gasteiger partial charge in [-0.2, -0.15) is 0 Å². The smallest absolute Gasteiger partial charge is 0.234 e. The topological polar surface area (TPSA) is 8.81 Å². The predicted molar refractivity (Wildman–Crippen MR) is 162 cm³/mol. The van der Waals surface area contributed by atoms with Crippen LogP contribution in [0.5, 0.6) is 0 Å². The summed E-state index contributed by atoms with van der Waals surface area (Å²) in [7, 11) is 0. The summed E-state index contributed by atoms with van der Waals surface area (Å²) >= 11 is 0. The van der Waals surface area contributed by atoms with Crippen molar-refractivity contribution >= 4 is 0 Å². The molecule has 0 radical (unpaired) electrons. The van der Waals surface area contributed by atoms with Gasteiger partial charge in [-0.15, -0.1) is 0 Å². The maximum Gasteiger partial charge on any atom is 0.256 e. The summed E-state index contributed by atoms with van der Waals surface area (Å²) in [4.78, 5) is 0. The SMILES string of the molecule is CCCCCCCCCCCCCCCn1cc[n+](CCCc2ccccc2)c1CCCCCCCC. The van der Waals surface area contributed by atoms with E-state index in [-0.39, 0.29) is 0 Å². The molecule has 0 spiro atoms. The third-order valence-corrected chi connectivity index (χ3v) is 8.05. The second-order valence-corrected chi connectivity index (χ2v) is 11.5. The molecule has 0 aliphatic rings. The number of hydrogen-bond acceptors (Lipinski definition) is 0. The molecule has 0 bridgehead atoms. The largest absolute Gasteiger partial charge is 0.256 e. The minimum absolute atomic E-state index is 1.14. The summed E-state index contributed by atoms with van der Waals surface area (Å²) in [5.41, 5.74) is 1.46. The maximum absolute atomic E-state index is 2.59. The quantitative estimate of drug-likeness (QED) is 0.0929. The summed E-state index contributed by atoms with van der Waals surface area (Å²) in [5, 5.41) is 0. The Hall–Kier alpha value is -1.57. The van der Waals surface area contributed by atoms with Crippen molar-refractivity contribution < 1.29 is 4.57 Å². The van der Waals surface area contributed by atoms with Crippen molar-refractivity contribution in [3.63, 3.8) is 0 Å². The van der Waals surface area contributed by atoms with Gasteiger partial charge in [0.1, 0.15) is 12.4 Å². The Labute approximate surface area is 231 Å². The standard InChI is InChI=1S/C35H61N2/c1-3-5-7-9-11-12-13-14-15-16-17-19-24-30-36-32-33-37(31-25-28-34-26-21-20-22-27-34)35(36)29-23-18-10-8-6-4-2/h20-22,26-27,32-33H,3-19,23-25,28-31H2,1-2H3/q+1. The molecule has 0 amide bonds. The fourth-order valence-corrected chi connectivity index (χ4v) is 5.65. The first-order valence-corrected chi connectivity index (χ1v) is 16.5. The molecule has 210 valence electrons. The number of nitrogens with zero attached hydrogens (tertiary/aromatic N) is 2. The Kier molecular flexibility index (Phi) is 19.2. The van der Waals surface area contributed by atoms with Crippen LogP contribution in [-0.2, 0) is 25.9 Å². The first-order valence-electron chi connectivity index (χ1n) is 16.5. The number of aromatic nitrogens is 2. The van der Waals surface area contributed by atoms with E-state index in [0.717, 1.165) is 6.54 Å². The van der Waals surface area contributed by atoms with Crippen LogP contribution in [-0.4, -0.2) is 4.57 Å². The molecule has 0 saturated heterocycles. The molecule has 1 aromatic carbocycles. The number of unbranched alkanes of at least 4 members (excludes halogenated alkanes) is 17. The second-order valence-electron chi connectivity index (χ2n) is 11.5. The lowest BCUT2D eigenvalue weighted by atomic mass is 10.0. The van der Waals surface area contributed by atoms with Crippen LogP contribution < -0.4 is 4.57 Å². The Bertz CT molecular complexity index is 748. The summed E-state index contributed by atoms with van der Waals surface area (Å²) in [6.07, 6.45) is 35.2. The zero-order chi connectivity index (χ0) is 26.2. The molecule has 0 saturated carbocycles. The van der Waals surface area contributed by atoms with Gasteiger partial charge in [-0.3, -0.25) is 0 Å². The fraction of sp³-hybridized carbons (Fsp3) is 0.743. The summed E-state index contributed by atoms with van der Waals surface area (Å²) in [6, 6.07) is 11.0. The van der Waals surface area contributed by atoms with Crippen LogP contribution in [0.15, 0.2) is 42.7 Å². The summed E-state index contributed by atoms with van der Waals surface area (Å²) < 4.78 is 5.16. The molecule has 2 aromatic rings. The lowest BCUT2D eigenvalue weighted by molar-refractivity contribution is -0.704. The molecule has 1 heterocycles. The van der Waals surface area contributed by atoms with Crippen molar-refractivity contribution in [1.82, 2.24) is 4.57 Å².